The highest BCUT2D eigenvalue weighted by Crippen LogP contribution is 2.30. The zero-order valence-corrected chi connectivity index (χ0v) is 9.89. The molecule has 1 rings (SSSR count). The topological polar surface area (TPSA) is 20.2 Å². The molecule has 0 saturated heterocycles. The molecule has 1 aromatic rings. The number of rotatable bonds is 2. The molecule has 0 radical (unpaired) electrons. The number of halogens is 1. The lowest BCUT2D eigenvalue weighted by molar-refractivity contribution is 0.00901. The van der Waals surface area contributed by atoms with Gasteiger partial charge < -0.3 is 5.11 Å². The van der Waals surface area contributed by atoms with E-state index in [4.69, 9.17) is 11.6 Å². The summed E-state index contributed by atoms with van der Waals surface area (Å²) in [5.74, 6) is 0.183. The van der Waals surface area contributed by atoms with Gasteiger partial charge >= 0.3 is 0 Å². The Morgan fingerprint density at radius 1 is 1.36 bits per heavy atom. The van der Waals surface area contributed by atoms with Crippen molar-refractivity contribution in [2.24, 2.45) is 5.92 Å². The number of hydrogen-bond donors (Lipinski definition) is 1. The molecule has 0 aliphatic rings. The molecule has 0 fully saturated rings. The van der Waals surface area contributed by atoms with Gasteiger partial charge in [-0.25, -0.2) is 0 Å². The van der Waals surface area contributed by atoms with Crippen LogP contribution in [-0.2, 0) is 5.60 Å². The minimum Gasteiger partial charge on any atom is -0.385 e. The van der Waals surface area contributed by atoms with E-state index in [1.807, 2.05) is 45.9 Å². The van der Waals surface area contributed by atoms with Crippen LogP contribution in [0.15, 0.2) is 18.2 Å². The molecular formula is C12H17ClO. The molecule has 78 valence electrons. The van der Waals surface area contributed by atoms with Gasteiger partial charge in [0.25, 0.3) is 0 Å². The van der Waals surface area contributed by atoms with Crippen LogP contribution >= 0.6 is 11.6 Å². The van der Waals surface area contributed by atoms with E-state index in [0.717, 1.165) is 16.1 Å². The summed E-state index contributed by atoms with van der Waals surface area (Å²) < 4.78 is 0. The van der Waals surface area contributed by atoms with Crippen LogP contribution in [0.3, 0.4) is 0 Å². The molecule has 1 atom stereocenters. The molecule has 0 bridgehead atoms. The number of aliphatic hydroxyl groups is 1. The van der Waals surface area contributed by atoms with Crippen molar-refractivity contribution in [1.82, 2.24) is 0 Å². The quantitative estimate of drug-likeness (QED) is 0.796. The van der Waals surface area contributed by atoms with Crippen LogP contribution < -0.4 is 0 Å². The number of aryl methyl sites for hydroxylation is 1. The predicted octanol–water partition coefficient (Wildman–Crippen LogP) is 3.51. The van der Waals surface area contributed by atoms with Crippen molar-refractivity contribution >= 4 is 11.6 Å². The third-order valence-corrected chi connectivity index (χ3v) is 3.29. The molecule has 1 aromatic carbocycles. The third kappa shape index (κ3) is 2.10. The lowest BCUT2D eigenvalue weighted by Crippen LogP contribution is -2.27. The van der Waals surface area contributed by atoms with Gasteiger partial charge in [0.2, 0.25) is 0 Å². The summed E-state index contributed by atoms with van der Waals surface area (Å²) in [7, 11) is 0. The van der Waals surface area contributed by atoms with Gasteiger partial charge in [-0.15, -0.1) is 0 Å². The molecule has 1 N–H and O–H groups in total. The van der Waals surface area contributed by atoms with Gasteiger partial charge in [0.05, 0.1) is 5.60 Å². The maximum atomic E-state index is 10.2. The average molecular weight is 213 g/mol. The molecule has 0 spiro atoms. The first-order valence-corrected chi connectivity index (χ1v) is 5.22. The molecule has 14 heavy (non-hydrogen) atoms. The summed E-state index contributed by atoms with van der Waals surface area (Å²) in [6.45, 7) is 7.79. The molecule has 1 unspecified atom stereocenters. The minimum atomic E-state index is -0.782. The molecule has 0 aliphatic heterocycles. The Labute approximate surface area is 90.7 Å². The standard InChI is InChI=1S/C12H17ClO/c1-8(2)12(4,14)10-5-6-11(13)9(3)7-10/h5-8,14H,1-4H3. The van der Waals surface area contributed by atoms with Crippen LogP contribution in [0.25, 0.3) is 0 Å². The van der Waals surface area contributed by atoms with Gasteiger partial charge in [-0.2, -0.15) is 0 Å². The van der Waals surface area contributed by atoms with E-state index in [-0.39, 0.29) is 5.92 Å². The highest BCUT2D eigenvalue weighted by atomic mass is 35.5. The average Bonchev–Trinajstić information content (AvgIpc) is 2.09. The van der Waals surface area contributed by atoms with E-state index >= 15 is 0 Å². The molecule has 0 heterocycles. The van der Waals surface area contributed by atoms with Crippen LogP contribution in [0.1, 0.15) is 31.9 Å². The Morgan fingerprint density at radius 3 is 2.36 bits per heavy atom. The lowest BCUT2D eigenvalue weighted by atomic mass is 9.85. The normalized spacial score (nSPS) is 15.6. The van der Waals surface area contributed by atoms with Crippen molar-refractivity contribution in [3.8, 4) is 0 Å². The fourth-order valence-corrected chi connectivity index (χ4v) is 1.41. The Morgan fingerprint density at radius 2 is 1.93 bits per heavy atom. The van der Waals surface area contributed by atoms with Crippen LogP contribution in [0, 0.1) is 12.8 Å². The van der Waals surface area contributed by atoms with E-state index in [0.29, 0.717) is 0 Å². The molecule has 0 aliphatic carbocycles. The SMILES string of the molecule is Cc1cc(C(C)(O)C(C)C)ccc1Cl. The first-order chi connectivity index (χ1) is 6.35. The summed E-state index contributed by atoms with van der Waals surface area (Å²) in [4.78, 5) is 0. The summed E-state index contributed by atoms with van der Waals surface area (Å²) in [6, 6.07) is 5.67. The molecule has 0 aromatic heterocycles. The van der Waals surface area contributed by atoms with Crippen LogP contribution in [0.2, 0.25) is 5.02 Å². The van der Waals surface area contributed by atoms with Crippen LogP contribution in [-0.4, -0.2) is 5.11 Å². The Kier molecular flexibility index (Phi) is 3.23. The monoisotopic (exact) mass is 212 g/mol. The van der Waals surface area contributed by atoms with Gasteiger partial charge in [0.1, 0.15) is 0 Å². The summed E-state index contributed by atoms with van der Waals surface area (Å²) in [5.41, 5.74) is 1.15. The van der Waals surface area contributed by atoms with Crippen molar-refractivity contribution in [2.75, 3.05) is 0 Å². The van der Waals surface area contributed by atoms with Gasteiger partial charge in [0, 0.05) is 5.02 Å². The number of benzene rings is 1. The second kappa shape index (κ2) is 3.92. The smallest absolute Gasteiger partial charge is 0.0891 e. The van der Waals surface area contributed by atoms with Crippen LogP contribution in [0.5, 0.6) is 0 Å². The molecule has 0 amide bonds. The van der Waals surface area contributed by atoms with Crippen molar-refractivity contribution in [1.29, 1.82) is 0 Å². The first-order valence-electron chi connectivity index (χ1n) is 4.84. The molecule has 1 nitrogen and oxygen atoms in total. The highest BCUT2D eigenvalue weighted by Gasteiger charge is 2.27. The van der Waals surface area contributed by atoms with E-state index in [2.05, 4.69) is 0 Å². The Bertz CT molecular complexity index is 329. The maximum absolute atomic E-state index is 10.2. The van der Waals surface area contributed by atoms with Crippen molar-refractivity contribution < 1.29 is 5.11 Å². The van der Waals surface area contributed by atoms with Gasteiger partial charge in [-0.1, -0.05) is 37.6 Å². The minimum absolute atomic E-state index is 0.183. The van der Waals surface area contributed by atoms with Crippen LogP contribution in [0.4, 0.5) is 0 Å². The van der Waals surface area contributed by atoms with E-state index in [1.54, 1.807) is 0 Å². The lowest BCUT2D eigenvalue weighted by Gasteiger charge is -2.28. The van der Waals surface area contributed by atoms with Gasteiger partial charge in [-0.05, 0) is 37.0 Å². The predicted molar refractivity (Wildman–Crippen MR) is 60.6 cm³/mol. The summed E-state index contributed by atoms with van der Waals surface area (Å²) in [5, 5.41) is 11.0. The van der Waals surface area contributed by atoms with E-state index in [9.17, 15) is 5.11 Å². The zero-order valence-electron chi connectivity index (χ0n) is 9.13. The van der Waals surface area contributed by atoms with Gasteiger partial charge in [-0.3, -0.25) is 0 Å². The summed E-state index contributed by atoms with van der Waals surface area (Å²) in [6.07, 6.45) is 0. The largest absolute Gasteiger partial charge is 0.385 e. The second-order valence-electron chi connectivity index (χ2n) is 4.27. The maximum Gasteiger partial charge on any atom is 0.0891 e. The van der Waals surface area contributed by atoms with E-state index in [1.165, 1.54) is 0 Å². The molecule has 0 saturated carbocycles. The Balaban J connectivity index is 3.14. The fourth-order valence-electron chi connectivity index (χ4n) is 1.29. The Hall–Kier alpha value is -0.530. The van der Waals surface area contributed by atoms with Crippen molar-refractivity contribution in [3.05, 3.63) is 34.3 Å². The highest BCUT2D eigenvalue weighted by molar-refractivity contribution is 6.31. The first kappa shape index (κ1) is 11.5. The van der Waals surface area contributed by atoms with Crippen molar-refractivity contribution in [3.63, 3.8) is 0 Å². The third-order valence-electron chi connectivity index (χ3n) is 2.87. The fraction of sp³-hybridized carbons (Fsp3) is 0.500. The summed E-state index contributed by atoms with van der Waals surface area (Å²) >= 11 is 5.93. The van der Waals surface area contributed by atoms with Crippen molar-refractivity contribution in [2.45, 2.75) is 33.3 Å². The second-order valence-corrected chi connectivity index (χ2v) is 4.67. The molecule has 2 heteroatoms. The zero-order chi connectivity index (χ0) is 10.9. The van der Waals surface area contributed by atoms with Gasteiger partial charge in [0.15, 0.2) is 0 Å². The molecular weight excluding hydrogens is 196 g/mol. The number of hydrogen-bond acceptors (Lipinski definition) is 1. The van der Waals surface area contributed by atoms with E-state index < -0.39 is 5.60 Å².